The summed E-state index contributed by atoms with van der Waals surface area (Å²) in [6.07, 6.45) is 2.94. The maximum absolute atomic E-state index is 6.13. The summed E-state index contributed by atoms with van der Waals surface area (Å²) in [5, 5.41) is 8.28. The van der Waals surface area contributed by atoms with E-state index in [0.29, 0.717) is 0 Å². The molecule has 1 atom stereocenters. The van der Waals surface area contributed by atoms with Gasteiger partial charge in [0.25, 0.3) is 0 Å². The largest absolute Gasteiger partial charge is 0.324 e. The summed E-state index contributed by atoms with van der Waals surface area (Å²) in [5.74, 6) is 0. The van der Waals surface area contributed by atoms with Crippen LogP contribution in [0.2, 0.25) is 0 Å². The number of benzene rings is 1. The molecule has 1 heterocycles. The molecule has 6 heteroatoms. The van der Waals surface area contributed by atoms with Crippen LogP contribution < -0.4 is 5.73 Å². The summed E-state index contributed by atoms with van der Waals surface area (Å²) in [7, 11) is 0. The molecular weight excluding hydrogens is 282 g/mol. The second kappa shape index (κ2) is 6.56. The first kappa shape index (κ1) is 13.9. The first-order chi connectivity index (χ1) is 8.74. The first-order valence-corrected chi connectivity index (χ1v) is 8.50. The van der Waals surface area contributed by atoms with Crippen LogP contribution in [0.4, 0.5) is 0 Å². The second-order valence-electron chi connectivity index (χ2n) is 3.69. The Labute approximate surface area is 120 Å². The molecule has 1 aromatic heterocycles. The van der Waals surface area contributed by atoms with E-state index < -0.39 is 0 Å². The molecule has 0 spiro atoms. The Morgan fingerprint density at radius 3 is 2.67 bits per heavy atom. The van der Waals surface area contributed by atoms with Crippen LogP contribution in [0.5, 0.6) is 0 Å². The number of hydrogen-bond acceptors (Lipinski definition) is 6. The van der Waals surface area contributed by atoms with Gasteiger partial charge in [-0.05, 0) is 24.3 Å². The quantitative estimate of drug-likeness (QED) is 0.850. The summed E-state index contributed by atoms with van der Waals surface area (Å²) >= 11 is 4.89. The van der Waals surface area contributed by atoms with Gasteiger partial charge < -0.3 is 5.73 Å². The molecule has 0 bridgehead atoms. The molecule has 0 saturated heterocycles. The van der Waals surface area contributed by atoms with Crippen LogP contribution in [0.3, 0.4) is 0 Å². The molecule has 0 amide bonds. The normalized spacial score (nSPS) is 12.6. The van der Waals surface area contributed by atoms with Gasteiger partial charge in [0.05, 0.1) is 0 Å². The van der Waals surface area contributed by atoms with Gasteiger partial charge in [0.2, 0.25) is 0 Å². The van der Waals surface area contributed by atoms with Crippen molar-refractivity contribution in [2.24, 2.45) is 5.73 Å². The zero-order valence-electron chi connectivity index (χ0n) is 10.3. The van der Waals surface area contributed by atoms with Crippen LogP contribution in [0, 0.1) is 0 Å². The predicted octanol–water partition coefficient (Wildman–Crippen LogP) is 3.82. The van der Waals surface area contributed by atoms with Crippen molar-refractivity contribution < 1.29 is 0 Å². The second-order valence-corrected chi connectivity index (χ2v) is 7.01. The third-order valence-corrected chi connectivity index (χ3v) is 5.56. The Hall–Kier alpha value is -0.560. The maximum Gasteiger partial charge on any atom is 0.179 e. The standard InChI is InChI=1S/C12H15N3S3/c1-3-9(13)8-6-4-5-7-10(8)17-12-15-14-11(16-2)18-12/h4-7,9H,3,13H2,1-2H3. The van der Waals surface area contributed by atoms with Crippen molar-refractivity contribution in [2.75, 3.05) is 6.26 Å². The molecule has 96 valence electrons. The highest BCUT2D eigenvalue weighted by Crippen LogP contribution is 2.36. The van der Waals surface area contributed by atoms with Gasteiger partial charge in [-0.15, -0.1) is 10.2 Å². The molecule has 0 saturated carbocycles. The van der Waals surface area contributed by atoms with Gasteiger partial charge in [0, 0.05) is 10.9 Å². The van der Waals surface area contributed by atoms with Crippen molar-refractivity contribution in [3.05, 3.63) is 29.8 Å². The zero-order valence-corrected chi connectivity index (χ0v) is 12.7. The fourth-order valence-corrected chi connectivity index (χ4v) is 4.10. The summed E-state index contributed by atoms with van der Waals surface area (Å²) in [6, 6.07) is 8.33. The highest BCUT2D eigenvalue weighted by Gasteiger charge is 2.12. The number of hydrogen-bond donors (Lipinski definition) is 1. The van der Waals surface area contributed by atoms with Crippen molar-refractivity contribution in [1.29, 1.82) is 0 Å². The van der Waals surface area contributed by atoms with Crippen LogP contribution in [-0.2, 0) is 0 Å². The zero-order chi connectivity index (χ0) is 13.0. The van der Waals surface area contributed by atoms with Crippen LogP contribution in [0.15, 0.2) is 37.8 Å². The van der Waals surface area contributed by atoms with Crippen LogP contribution >= 0.6 is 34.9 Å². The third kappa shape index (κ3) is 3.26. The lowest BCUT2D eigenvalue weighted by atomic mass is 10.1. The Balaban J connectivity index is 2.23. The minimum Gasteiger partial charge on any atom is -0.324 e. The molecule has 0 radical (unpaired) electrons. The topological polar surface area (TPSA) is 51.8 Å². The van der Waals surface area contributed by atoms with Gasteiger partial charge in [-0.1, -0.05) is 60.0 Å². The third-order valence-electron chi connectivity index (χ3n) is 2.52. The number of nitrogens with zero attached hydrogens (tertiary/aromatic N) is 2. The smallest absolute Gasteiger partial charge is 0.179 e. The van der Waals surface area contributed by atoms with E-state index in [0.717, 1.165) is 15.1 Å². The average Bonchev–Trinajstić information content (AvgIpc) is 2.86. The summed E-state index contributed by atoms with van der Waals surface area (Å²) in [5.41, 5.74) is 7.32. The molecule has 2 aromatic rings. The summed E-state index contributed by atoms with van der Waals surface area (Å²) < 4.78 is 1.96. The number of rotatable bonds is 5. The molecule has 0 aliphatic heterocycles. The van der Waals surface area contributed by atoms with E-state index in [1.807, 2.05) is 18.4 Å². The molecule has 2 rings (SSSR count). The lowest BCUT2D eigenvalue weighted by Crippen LogP contribution is -2.09. The van der Waals surface area contributed by atoms with Crippen LogP contribution in [0.25, 0.3) is 0 Å². The number of thioether (sulfide) groups is 1. The molecule has 1 aromatic carbocycles. The maximum atomic E-state index is 6.13. The van der Waals surface area contributed by atoms with E-state index >= 15 is 0 Å². The Kier molecular flexibility index (Phi) is 5.05. The van der Waals surface area contributed by atoms with Crippen molar-refractivity contribution in [2.45, 2.75) is 33.0 Å². The Bertz CT molecular complexity index is 513. The van der Waals surface area contributed by atoms with Crippen molar-refractivity contribution in [3.8, 4) is 0 Å². The van der Waals surface area contributed by atoms with E-state index in [1.165, 1.54) is 10.5 Å². The molecule has 0 fully saturated rings. The van der Waals surface area contributed by atoms with E-state index in [2.05, 4.69) is 29.3 Å². The SMILES string of the molecule is CCC(N)c1ccccc1Sc1nnc(SC)s1. The highest BCUT2D eigenvalue weighted by atomic mass is 32.2. The van der Waals surface area contributed by atoms with E-state index in [-0.39, 0.29) is 6.04 Å². The minimum absolute atomic E-state index is 0.0849. The van der Waals surface area contributed by atoms with E-state index in [9.17, 15) is 0 Å². The molecule has 1 unspecified atom stereocenters. The van der Waals surface area contributed by atoms with Gasteiger partial charge in [-0.2, -0.15) is 0 Å². The van der Waals surface area contributed by atoms with Gasteiger partial charge in [0.15, 0.2) is 8.68 Å². The molecule has 3 nitrogen and oxygen atoms in total. The van der Waals surface area contributed by atoms with E-state index in [1.54, 1.807) is 34.9 Å². The van der Waals surface area contributed by atoms with Crippen molar-refractivity contribution in [3.63, 3.8) is 0 Å². The predicted molar refractivity (Wildman–Crippen MR) is 79.5 cm³/mol. The highest BCUT2D eigenvalue weighted by molar-refractivity contribution is 8.03. The summed E-state index contributed by atoms with van der Waals surface area (Å²) in [6.45, 7) is 2.10. The fourth-order valence-electron chi connectivity index (χ4n) is 1.51. The molecule has 0 aliphatic carbocycles. The van der Waals surface area contributed by atoms with Crippen LogP contribution in [-0.4, -0.2) is 16.5 Å². The average molecular weight is 297 g/mol. The Morgan fingerprint density at radius 1 is 1.28 bits per heavy atom. The summed E-state index contributed by atoms with van der Waals surface area (Å²) in [4.78, 5) is 1.18. The van der Waals surface area contributed by atoms with Gasteiger partial charge in [-0.25, -0.2) is 0 Å². The van der Waals surface area contributed by atoms with Crippen LogP contribution in [0.1, 0.15) is 24.9 Å². The lowest BCUT2D eigenvalue weighted by Gasteiger charge is -2.13. The monoisotopic (exact) mass is 297 g/mol. The molecular formula is C12H15N3S3. The fraction of sp³-hybridized carbons (Fsp3) is 0.333. The van der Waals surface area contributed by atoms with Gasteiger partial charge in [0.1, 0.15) is 0 Å². The number of aromatic nitrogens is 2. The lowest BCUT2D eigenvalue weighted by molar-refractivity contribution is 0.685. The molecule has 0 aliphatic rings. The van der Waals surface area contributed by atoms with Gasteiger partial charge >= 0.3 is 0 Å². The number of nitrogens with two attached hydrogens (primary N) is 1. The van der Waals surface area contributed by atoms with E-state index in [4.69, 9.17) is 5.73 Å². The van der Waals surface area contributed by atoms with Gasteiger partial charge in [-0.3, -0.25) is 0 Å². The first-order valence-electron chi connectivity index (χ1n) is 5.64. The molecule has 2 N–H and O–H groups in total. The molecule has 18 heavy (non-hydrogen) atoms. The minimum atomic E-state index is 0.0849. The van der Waals surface area contributed by atoms with Crippen molar-refractivity contribution in [1.82, 2.24) is 10.2 Å². The van der Waals surface area contributed by atoms with Crippen molar-refractivity contribution >= 4 is 34.9 Å². The Morgan fingerprint density at radius 2 is 2.00 bits per heavy atom.